The maximum absolute atomic E-state index is 11.7. The molecule has 4 nitrogen and oxygen atoms in total. The summed E-state index contributed by atoms with van der Waals surface area (Å²) in [5.74, 6) is 0.538. The van der Waals surface area contributed by atoms with Gasteiger partial charge in [-0.25, -0.2) is 0 Å². The number of carbonyl (C=O) groups is 1. The third-order valence-corrected chi connectivity index (χ3v) is 2.61. The number of rotatable bonds is 5. The fourth-order valence-corrected chi connectivity index (χ4v) is 1.27. The molecule has 1 rings (SSSR count). The van der Waals surface area contributed by atoms with Gasteiger partial charge < -0.3 is 14.7 Å². The Morgan fingerprint density at radius 2 is 2.18 bits per heavy atom. The molecule has 0 aromatic heterocycles. The standard InChI is InChI=1S/C13H19NO3/c1-10(2)14(3)13(16)9-17-12-6-4-5-11(7-12)8-15/h4-7,10,15H,8-9H2,1-3H3. The molecule has 1 amide bonds. The third-order valence-electron chi connectivity index (χ3n) is 2.61. The van der Waals surface area contributed by atoms with E-state index in [4.69, 9.17) is 9.84 Å². The van der Waals surface area contributed by atoms with Gasteiger partial charge in [-0.1, -0.05) is 12.1 Å². The van der Waals surface area contributed by atoms with Gasteiger partial charge in [0.25, 0.3) is 5.91 Å². The molecule has 94 valence electrons. The number of hydrogen-bond acceptors (Lipinski definition) is 3. The molecule has 1 aromatic carbocycles. The van der Waals surface area contributed by atoms with Gasteiger partial charge in [-0.3, -0.25) is 4.79 Å². The predicted octanol–water partition coefficient (Wildman–Crippen LogP) is 1.42. The zero-order valence-corrected chi connectivity index (χ0v) is 10.5. The Morgan fingerprint density at radius 1 is 1.47 bits per heavy atom. The van der Waals surface area contributed by atoms with E-state index < -0.39 is 0 Å². The van der Waals surface area contributed by atoms with E-state index in [9.17, 15) is 4.79 Å². The Balaban J connectivity index is 2.52. The highest BCUT2D eigenvalue weighted by molar-refractivity contribution is 5.77. The molecule has 0 aliphatic carbocycles. The normalized spacial score (nSPS) is 10.4. The van der Waals surface area contributed by atoms with Crippen LogP contribution in [0.1, 0.15) is 19.4 Å². The first-order valence-electron chi connectivity index (χ1n) is 5.63. The molecule has 0 unspecified atom stereocenters. The molecule has 0 atom stereocenters. The lowest BCUT2D eigenvalue weighted by Gasteiger charge is -2.21. The first-order valence-corrected chi connectivity index (χ1v) is 5.63. The summed E-state index contributed by atoms with van der Waals surface area (Å²) in [6.45, 7) is 3.88. The van der Waals surface area contributed by atoms with Crippen LogP contribution in [-0.4, -0.2) is 35.6 Å². The van der Waals surface area contributed by atoms with Crippen LogP contribution in [0.2, 0.25) is 0 Å². The van der Waals surface area contributed by atoms with E-state index in [0.29, 0.717) is 5.75 Å². The largest absolute Gasteiger partial charge is 0.484 e. The number of likely N-dealkylation sites (N-methyl/N-ethyl adjacent to an activating group) is 1. The number of hydrogen-bond donors (Lipinski definition) is 1. The zero-order valence-electron chi connectivity index (χ0n) is 10.5. The van der Waals surface area contributed by atoms with Crippen molar-refractivity contribution in [3.8, 4) is 5.75 Å². The van der Waals surface area contributed by atoms with Crippen LogP contribution in [0.4, 0.5) is 0 Å². The number of aliphatic hydroxyl groups is 1. The van der Waals surface area contributed by atoms with Crippen molar-refractivity contribution in [1.82, 2.24) is 4.90 Å². The first-order chi connectivity index (χ1) is 8.04. The number of benzene rings is 1. The predicted molar refractivity (Wildman–Crippen MR) is 65.8 cm³/mol. The van der Waals surface area contributed by atoms with Gasteiger partial charge in [-0.05, 0) is 31.5 Å². The van der Waals surface area contributed by atoms with Crippen molar-refractivity contribution in [2.75, 3.05) is 13.7 Å². The van der Waals surface area contributed by atoms with E-state index in [2.05, 4.69) is 0 Å². The van der Waals surface area contributed by atoms with Crippen molar-refractivity contribution in [2.24, 2.45) is 0 Å². The van der Waals surface area contributed by atoms with Crippen LogP contribution in [0.25, 0.3) is 0 Å². The first kappa shape index (κ1) is 13.5. The Hall–Kier alpha value is -1.55. The van der Waals surface area contributed by atoms with Crippen LogP contribution >= 0.6 is 0 Å². The topological polar surface area (TPSA) is 49.8 Å². The molecule has 0 fully saturated rings. The van der Waals surface area contributed by atoms with Gasteiger partial charge in [-0.2, -0.15) is 0 Å². The Morgan fingerprint density at radius 3 is 2.76 bits per heavy atom. The van der Waals surface area contributed by atoms with Gasteiger partial charge in [-0.15, -0.1) is 0 Å². The highest BCUT2D eigenvalue weighted by Gasteiger charge is 2.12. The molecule has 0 spiro atoms. The second-order valence-corrected chi connectivity index (χ2v) is 4.19. The lowest BCUT2D eigenvalue weighted by atomic mass is 10.2. The molecular formula is C13H19NO3. The summed E-state index contributed by atoms with van der Waals surface area (Å²) in [6, 6.07) is 7.24. The Kier molecular flexibility index (Phi) is 4.97. The number of aliphatic hydroxyl groups excluding tert-OH is 1. The quantitative estimate of drug-likeness (QED) is 0.842. The van der Waals surface area contributed by atoms with Crippen molar-refractivity contribution < 1.29 is 14.6 Å². The van der Waals surface area contributed by atoms with Crippen LogP contribution in [0, 0.1) is 0 Å². The summed E-state index contributed by atoms with van der Waals surface area (Å²) in [5, 5.41) is 8.97. The smallest absolute Gasteiger partial charge is 0.260 e. The molecule has 1 N–H and O–H groups in total. The summed E-state index contributed by atoms with van der Waals surface area (Å²) < 4.78 is 5.38. The van der Waals surface area contributed by atoms with E-state index in [0.717, 1.165) is 5.56 Å². The molecule has 1 aromatic rings. The highest BCUT2D eigenvalue weighted by Crippen LogP contribution is 2.13. The minimum Gasteiger partial charge on any atom is -0.484 e. The van der Waals surface area contributed by atoms with Gasteiger partial charge in [0, 0.05) is 13.1 Å². The number of amides is 1. The summed E-state index contributed by atoms with van der Waals surface area (Å²) in [5.41, 5.74) is 0.771. The lowest BCUT2D eigenvalue weighted by molar-refractivity contribution is -0.133. The Bertz CT molecular complexity index is 377. The minimum atomic E-state index is -0.0607. The van der Waals surface area contributed by atoms with Gasteiger partial charge in [0.1, 0.15) is 5.75 Å². The summed E-state index contributed by atoms with van der Waals surface area (Å²) in [7, 11) is 1.75. The number of ether oxygens (including phenoxy) is 1. The number of nitrogens with zero attached hydrogens (tertiary/aromatic N) is 1. The van der Waals surface area contributed by atoms with Gasteiger partial charge >= 0.3 is 0 Å². The molecule has 0 saturated heterocycles. The monoisotopic (exact) mass is 237 g/mol. The van der Waals surface area contributed by atoms with Crippen molar-refractivity contribution >= 4 is 5.91 Å². The van der Waals surface area contributed by atoms with Crippen LogP contribution in [0.3, 0.4) is 0 Å². The van der Waals surface area contributed by atoms with E-state index in [1.54, 1.807) is 36.2 Å². The van der Waals surface area contributed by atoms with Crippen LogP contribution in [-0.2, 0) is 11.4 Å². The summed E-state index contributed by atoms with van der Waals surface area (Å²) in [6.07, 6.45) is 0. The molecule has 0 heterocycles. The third kappa shape index (κ3) is 4.07. The molecule has 4 heteroatoms. The lowest BCUT2D eigenvalue weighted by Crippen LogP contribution is -2.36. The maximum atomic E-state index is 11.7. The maximum Gasteiger partial charge on any atom is 0.260 e. The van der Waals surface area contributed by atoms with E-state index in [-0.39, 0.29) is 25.2 Å². The van der Waals surface area contributed by atoms with E-state index in [1.807, 2.05) is 13.8 Å². The molecule has 0 radical (unpaired) electrons. The van der Waals surface area contributed by atoms with Gasteiger partial charge in [0.2, 0.25) is 0 Å². The molecule has 0 bridgehead atoms. The van der Waals surface area contributed by atoms with Crippen LogP contribution < -0.4 is 4.74 Å². The average Bonchev–Trinajstić information content (AvgIpc) is 2.35. The minimum absolute atomic E-state index is 0.0174. The van der Waals surface area contributed by atoms with E-state index in [1.165, 1.54) is 0 Å². The van der Waals surface area contributed by atoms with Gasteiger partial charge in [0.15, 0.2) is 6.61 Å². The average molecular weight is 237 g/mol. The molecule has 0 saturated carbocycles. The van der Waals surface area contributed by atoms with Crippen molar-refractivity contribution in [2.45, 2.75) is 26.5 Å². The zero-order chi connectivity index (χ0) is 12.8. The summed E-state index contributed by atoms with van der Waals surface area (Å²) >= 11 is 0. The van der Waals surface area contributed by atoms with Crippen molar-refractivity contribution in [3.05, 3.63) is 29.8 Å². The van der Waals surface area contributed by atoms with E-state index >= 15 is 0 Å². The second kappa shape index (κ2) is 6.25. The highest BCUT2D eigenvalue weighted by atomic mass is 16.5. The fraction of sp³-hybridized carbons (Fsp3) is 0.462. The fourth-order valence-electron chi connectivity index (χ4n) is 1.27. The van der Waals surface area contributed by atoms with Crippen LogP contribution in [0.15, 0.2) is 24.3 Å². The SMILES string of the molecule is CC(C)N(C)C(=O)COc1cccc(CO)c1. The molecular weight excluding hydrogens is 218 g/mol. The van der Waals surface area contributed by atoms with Crippen molar-refractivity contribution in [3.63, 3.8) is 0 Å². The molecule has 0 aliphatic rings. The number of carbonyl (C=O) groups excluding carboxylic acids is 1. The van der Waals surface area contributed by atoms with Crippen LogP contribution in [0.5, 0.6) is 5.75 Å². The second-order valence-electron chi connectivity index (χ2n) is 4.19. The molecule has 0 aliphatic heterocycles. The van der Waals surface area contributed by atoms with Crippen molar-refractivity contribution in [1.29, 1.82) is 0 Å². The summed E-state index contributed by atoms with van der Waals surface area (Å²) in [4.78, 5) is 13.3. The molecule has 17 heavy (non-hydrogen) atoms. The van der Waals surface area contributed by atoms with Gasteiger partial charge in [0.05, 0.1) is 6.61 Å². The Labute approximate surface area is 102 Å².